The minimum atomic E-state index is -0.683. The molecular formula is C15H25N3O3. The Morgan fingerprint density at radius 2 is 2.29 bits per heavy atom. The van der Waals surface area contributed by atoms with Gasteiger partial charge in [-0.25, -0.2) is 0 Å². The molecule has 0 spiro atoms. The van der Waals surface area contributed by atoms with Crippen LogP contribution in [0.2, 0.25) is 0 Å². The second-order valence-electron chi connectivity index (χ2n) is 6.50. The summed E-state index contributed by atoms with van der Waals surface area (Å²) in [5.74, 6) is 1.13. The highest BCUT2D eigenvalue weighted by atomic mass is 16.5. The molecule has 1 saturated heterocycles. The third-order valence-electron chi connectivity index (χ3n) is 4.07. The number of carbonyl (C=O) groups is 1. The van der Waals surface area contributed by atoms with E-state index in [1.54, 1.807) is 0 Å². The van der Waals surface area contributed by atoms with E-state index in [1.165, 1.54) is 0 Å². The molecule has 1 fully saturated rings. The average molecular weight is 295 g/mol. The van der Waals surface area contributed by atoms with Crippen LogP contribution in [0.5, 0.6) is 0 Å². The lowest BCUT2D eigenvalue weighted by Crippen LogP contribution is -2.34. The minimum absolute atomic E-state index is 0.492. The van der Waals surface area contributed by atoms with Crippen molar-refractivity contribution in [3.05, 3.63) is 11.7 Å². The summed E-state index contributed by atoms with van der Waals surface area (Å²) in [6.45, 7) is 8.14. The van der Waals surface area contributed by atoms with Crippen LogP contribution < -0.4 is 0 Å². The predicted molar refractivity (Wildman–Crippen MR) is 77.7 cm³/mol. The monoisotopic (exact) mass is 295 g/mol. The zero-order chi connectivity index (χ0) is 15.5. The molecule has 6 heteroatoms. The molecule has 0 saturated carbocycles. The maximum absolute atomic E-state index is 11.6. The van der Waals surface area contributed by atoms with Crippen LogP contribution >= 0.6 is 0 Å². The van der Waals surface area contributed by atoms with Gasteiger partial charge in [0.05, 0.1) is 12.0 Å². The zero-order valence-electron chi connectivity index (χ0n) is 13.1. The number of hydrogen-bond acceptors (Lipinski definition) is 5. The maximum atomic E-state index is 11.6. The highest BCUT2D eigenvalue weighted by molar-refractivity contribution is 5.75. The van der Waals surface area contributed by atoms with Crippen LogP contribution in [0, 0.1) is 11.3 Å². The van der Waals surface area contributed by atoms with Gasteiger partial charge in [0.2, 0.25) is 5.89 Å². The fourth-order valence-corrected chi connectivity index (χ4v) is 3.05. The number of aromatic nitrogens is 2. The Labute approximate surface area is 125 Å². The van der Waals surface area contributed by atoms with Gasteiger partial charge in [-0.3, -0.25) is 9.69 Å². The second kappa shape index (κ2) is 6.56. The van der Waals surface area contributed by atoms with E-state index in [0.717, 1.165) is 31.6 Å². The van der Waals surface area contributed by atoms with Crippen molar-refractivity contribution >= 4 is 5.97 Å². The molecule has 2 heterocycles. The highest BCUT2D eigenvalue weighted by Crippen LogP contribution is 2.36. The average Bonchev–Trinajstić information content (AvgIpc) is 2.98. The lowest BCUT2D eigenvalue weighted by Gasteiger charge is -2.23. The normalized spacial score (nSPS) is 23.0. The van der Waals surface area contributed by atoms with Crippen LogP contribution in [0.15, 0.2) is 4.52 Å². The molecule has 0 aliphatic carbocycles. The number of carboxylic acid groups (broad SMARTS) is 1. The van der Waals surface area contributed by atoms with E-state index in [1.807, 2.05) is 6.92 Å². The van der Waals surface area contributed by atoms with Crippen molar-refractivity contribution in [1.82, 2.24) is 15.0 Å². The van der Waals surface area contributed by atoms with E-state index >= 15 is 0 Å². The van der Waals surface area contributed by atoms with Crippen LogP contribution in [0.25, 0.3) is 0 Å². The molecule has 1 aromatic heterocycles. The van der Waals surface area contributed by atoms with E-state index in [-0.39, 0.29) is 0 Å². The molecule has 21 heavy (non-hydrogen) atoms. The predicted octanol–water partition coefficient (Wildman–Crippen LogP) is 2.34. The third-order valence-corrected chi connectivity index (χ3v) is 4.07. The Kier molecular flexibility index (Phi) is 4.98. The fourth-order valence-electron chi connectivity index (χ4n) is 3.05. The summed E-state index contributed by atoms with van der Waals surface area (Å²) in [7, 11) is 0. The molecule has 2 rings (SSSR count). The van der Waals surface area contributed by atoms with Crippen molar-refractivity contribution < 1.29 is 14.4 Å². The first kappa shape index (κ1) is 15.9. The van der Waals surface area contributed by atoms with Gasteiger partial charge in [-0.1, -0.05) is 32.3 Å². The van der Waals surface area contributed by atoms with Gasteiger partial charge >= 0.3 is 5.97 Å². The maximum Gasteiger partial charge on any atom is 0.310 e. The van der Waals surface area contributed by atoms with E-state index in [0.29, 0.717) is 31.3 Å². The number of likely N-dealkylation sites (tertiary alicyclic amines) is 1. The van der Waals surface area contributed by atoms with Crippen LogP contribution in [-0.4, -0.2) is 39.2 Å². The van der Waals surface area contributed by atoms with Crippen molar-refractivity contribution in [2.45, 2.75) is 53.0 Å². The zero-order valence-corrected chi connectivity index (χ0v) is 13.1. The Hall–Kier alpha value is -1.43. The summed E-state index contributed by atoms with van der Waals surface area (Å²) in [4.78, 5) is 18.1. The number of rotatable bonds is 7. The smallest absolute Gasteiger partial charge is 0.310 e. The third kappa shape index (κ3) is 3.81. The van der Waals surface area contributed by atoms with E-state index in [9.17, 15) is 9.90 Å². The van der Waals surface area contributed by atoms with Gasteiger partial charge in [-0.05, 0) is 25.3 Å². The number of carboxylic acids is 1. The van der Waals surface area contributed by atoms with Crippen molar-refractivity contribution in [1.29, 1.82) is 0 Å². The van der Waals surface area contributed by atoms with Gasteiger partial charge in [0.15, 0.2) is 5.82 Å². The summed E-state index contributed by atoms with van der Waals surface area (Å²) in [5, 5.41) is 13.5. The topological polar surface area (TPSA) is 79.5 Å². The highest BCUT2D eigenvalue weighted by Gasteiger charge is 2.44. The SMILES string of the molecule is CCCC1(C(=O)O)CCN(Cc2nc(CC(C)C)no2)C1. The minimum Gasteiger partial charge on any atom is -0.481 e. The second-order valence-corrected chi connectivity index (χ2v) is 6.50. The first-order chi connectivity index (χ1) is 9.95. The number of hydrogen-bond donors (Lipinski definition) is 1. The van der Waals surface area contributed by atoms with Crippen molar-refractivity contribution in [2.75, 3.05) is 13.1 Å². The molecule has 0 aromatic carbocycles. The summed E-state index contributed by atoms with van der Waals surface area (Å²) >= 11 is 0. The van der Waals surface area contributed by atoms with Gasteiger partial charge < -0.3 is 9.63 Å². The van der Waals surface area contributed by atoms with Crippen LogP contribution in [0.4, 0.5) is 0 Å². The standard InChI is InChI=1S/C15H25N3O3/c1-4-5-15(14(19)20)6-7-18(10-15)9-13-16-12(17-21-13)8-11(2)3/h11H,4-10H2,1-3H3,(H,19,20). The van der Waals surface area contributed by atoms with Crippen LogP contribution in [0.1, 0.15) is 51.7 Å². The lowest BCUT2D eigenvalue weighted by atomic mass is 9.83. The number of nitrogens with zero attached hydrogens (tertiary/aromatic N) is 3. The van der Waals surface area contributed by atoms with Crippen molar-refractivity contribution in [2.24, 2.45) is 11.3 Å². The Morgan fingerprint density at radius 3 is 2.90 bits per heavy atom. The Morgan fingerprint density at radius 1 is 1.52 bits per heavy atom. The van der Waals surface area contributed by atoms with Gasteiger partial charge in [-0.2, -0.15) is 4.98 Å². The Bertz CT molecular complexity index is 486. The van der Waals surface area contributed by atoms with Gasteiger partial charge in [0, 0.05) is 13.0 Å². The van der Waals surface area contributed by atoms with Crippen LogP contribution in [0.3, 0.4) is 0 Å². The molecule has 1 aromatic rings. The van der Waals surface area contributed by atoms with Gasteiger partial charge in [0.25, 0.3) is 0 Å². The fraction of sp³-hybridized carbons (Fsp3) is 0.800. The first-order valence-electron chi connectivity index (χ1n) is 7.72. The summed E-state index contributed by atoms with van der Waals surface area (Å²) in [5.41, 5.74) is -0.602. The molecule has 118 valence electrons. The molecule has 0 radical (unpaired) electrons. The summed E-state index contributed by atoms with van der Waals surface area (Å²) in [6, 6.07) is 0. The number of aliphatic carboxylic acids is 1. The molecule has 1 aliphatic heterocycles. The summed E-state index contributed by atoms with van der Waals surface area (Å²) in [6.07, 6.45) is 3.11. The quantitative estimate of drug-likeness (QED) is 0.831. The van der Waals surface area contributed by atoms with E-state index in [4.69, 9.17) is 4.52 Å². The van der Waals surface area contributed by atoms with Gasteiger partial charge in [-0.15, -0.1) is 0 Å². The van der Waals surface area contributed by atoms with Crippen LogP contribution in [-0.2, 0) is 17.8 Å². The molecular weight excluding hydrogens is 270 g/mol. The lowest BCUT2D eigenvalue weighted by molar-refractivity contribution is -0.148. The Balaban J connectivity index is 1.95. The van der Waals surface area contributed by atoms with Crippen molar-refractivity contribution in [3.8, 4) is 0 Å². The molecule has 0 bridgehead atoms. The largest absolute Gasteiger partial charge is 0.481 e. The van der Waals surface area contributed by atoms with E-state index in [2.05, 4.69) is 28.9 Å². The van der Waals surface area contributed by atoms with E-state index < -0.39 is 11.4 Å². The molecule has 6 nitrogen and oxygen atoms in total. The molecule has 1 aliphatic rings. The molecule has 1 N–H and O–H groups in total. The van der Waals surface area contributed by atoms with Gasteiger partial charge in [0.1, 0.15) is 0 Å². The molecule has 0 amide bonds. The van der Waals surface area contributed by atoms with Crippen molar-refractivity contribution in [3.63, 3.8) is 0 Å². The molecule has 1 atom stereocenters. The summed E-state index contributed by atoms with van der Waals surface area (Å²) < 4.78 is 5.27. The molecule has 1 unspecified atom stereocenters. The first-order valence-corrected chi connectivity index (χ1v) is 7.72.